The molecular weight excluding hydrogens is 797 g/mol. The number of carbonyl (C=O) groups is 3. The molecule has 0 spiro atoms. The van der Waals surface area contributed by atoms with Gasteiger partial charge in [0.05, 0.1) is 27.8 Å². The first-order valence-electron chi connectivity index (χ1n) is 21.5. The molecule has 15 heteroatoms. The summed E-state index contributed by atoms with van der Waals surface area (Å²) in [6.45, 7) is 20.8. The van der Waals surface area contributed by atoms with Crippen LogP contribution in [0.25, 0.3) is 11.1 Å². The van der Waals surface area contributed by atoms with Gasteiger partial charge in [-0.2, -0.15) is 0 Å². The average Bonchev–Trinajstić information content (AvgIpc) is 3.78. The number of imidazole rings is 1. The summed E-state index contributed by atoms with van der Waals surface area (Å²) in [4.78, 5) is 53.6. The first-order chi connectivity index (χ1) is 28.8. The molecule has 0 saturated carbocycles. The number of nitrogens with zero attached hydrogens (tertiary/aromatic N) is 6. The van der Waals surface area contributed by atoms with Gasteiger partial charge in [0, 0.05) is 103 Å². The summed E-state index contributed by atoms with van der Waals surface area (Å²) in [5, 5.41) is 2.85. The van der Waals surface area contributed by atoms with Crippen LogP contribution < -0.4 is 24.8 Å². The third-order valence-electron chi connectivity index (χ3n) is 13.2. The van der Waals surface area contributed by atoms with Crippen molar-refractivity contribution in [3.63, 3.8) is 0 Å². The van der Waals surface area contributed by atoms with Gasteiger partial charge in [-0.15, -0.1) is 5.06 Å². The van der Waals surface area contributed by atoms with Crippen molar-refractivity contribution in [2.75, 3.05) is 36.8 Å². The maximum atomic E-state index is 14.1. The van der Waals surface area contributed by atoms with E-state index < -0.39 is 39.2 Å². The monoisotopic (exact) mass is 852 g/mol. The Morgan fingerprint density at radius 2 is 1.77 bits per heavy atom. The summed E-state index contributed by atoms with van der Waals surface area (Å²) in [6.07, 6.45) is 8.55. The number of aromatic nitrogens is 2. The number of anilines is 1. The maximum Gasteiger partial charge on any atom is 0.336 e. The van der Waals surface area contributed by atoms with E-state index in [1.807, 2.05) is 16.7 Å². The predicted molar refractivity (Wildman–Crippen MR) is 230 cm³/mol. The number of fused-ring (bicyclic) bond motifs is 4. The number of benzene rings is 2. The fourth-order valence-electron chi connectivity index (χ4n) is 10.4. The van der Waals surface area contributed by atoms with E-state index in [4.69, 9.17) is 14.6 Å². The molecule has 6 heterocycles. The van der Waals surface area contributed by atoms with Gasteiger partial charge in [0.1, 0.15) is 30.4 Å². The molecule has 2 aromatic carbocycles. The molecule has 0 radical (unpaired) electrons. The number of hydrogen-bond acceptors (Lipinski definition) is 10. The van der Waals surface area contributed by atoms with E-state index in [1.54, 1.807) is 17.3 Å². The molecule has 2 amide bonds. The van der Waals surface area contributed by atoms with E-state index in [1.165, 1.54) is 5.57 Å². The number of amides is 2. The summed E-state index contributed by atoms with van der Waals surface area (Å²) in [5.74, 6) is -0.724. The lowest BCUT2D eigenvalue weighted by Crippen LogP contribution is -2.49. The third-order valence-corrected chi connectivity index (χ3v) is 14.0. The molecule has 0 aliphatic carbocycles. The predicted octanol–water partition coefficient (Wildman–Crippen LogP) is 4.80. The zero-order valence-corrected chi connectivity index (χ0v) is 37.1. The second-order valence-corrected chi connectivity index (χ2v) is 19.5. The van der Waals surface area contributed by atoms with Gasteiger partial charge in [0.2, 0.25) is 11.3 Å². The van der Waals surface area contributed by atoms with Gasteiger partial charge in [-0.1, -0.05) is 13.5 Å². The minimum atomic E-state index is -4.57. The van der Waals surface area contributed by atoms with Gasteiger partial charge in [-0.3, -0.25) is 9.59 Å². The Bertz CT molecular complexity index is 2620. The van der Waals surface area contributed by atoms with Crippen LogP contribution in [0, 0.1) is 5.92 Å². The molecule has 14 nitrogen and oxygen atoms in total. The van der Waals surface area contributed by atoms with Gasteiger partial charge >= 0.3 is 5.97 Å². The van der Waals surface area contributed by atoms with Gasteiger partial charge in [0.25, 0.3) is 5.91 Å². The van der Waals surface area contributed by atoms with Gasteiger partial charge in [0.15, 0.2) is 5.54 Å². The van der Waals surface area contributed by atoms with Crippen LogP contribution in [0.4, 0.5) is 5.69 Å². The van der Waals surface area contributed by atoms with E-state index in [9.17, 15) is 27.4 Å². The minimum Gasteiger partial charge on any atom is -0.748 e. The minimum absolute atomic E-state index is 0.0236. The number of rotatable bonds is 10. The molecule has 8 rings (SSSR count). The largest absolute Gasteiger partial charge is 0.748 e. The number of allylic oxidation sites excluding steroid dienone is 2. The van der Waals surface area contributed by atoms with Crippen LogP contribution in [0.2, 0.25) is 0 Å². The van der Waals surface area contributed by atoms with Crippen molar-refractivity contribution >= 4 is 44.7 Å². The second kappa shape index (κ2) is 15.6. The number of hydrogen-bond donors (Lipinski definition) is 0. The number of hydroxylamine groups is 2. The molecule has 61 heavy (non-hydrogen) atoms. The molecule has 0 N–H and O–H groups in total. The maximum absolute atomic E-state index is 14.1. The highest BCUT2D eigenvalue weighted by Crippen LogP contribution is 2.49. The fraction of sp³-hybridized carbons (Fsp3) is 0.500. The van der Waals surface area contributed by atoms with Gasteiger partial charge < -0.3 is 28.5 Å². The quantitative estimate of drug-likeness (QED) is 0.160. The highest BCUT2D eigenvalue weighted by molar-refractivity contribution is 7.85. The van der Waals surface area contributed by atoms with Crippen LogP contribution in [0.3, 0.4) is 0 Å². The molecular formula is C46H56N6O8S. The number of likely N-dealkylation sites (tertiary alicyclic amines) is 1. The molecule has 1 unspecified atom stereocenters. The van der Waals surface area contributed by atoms with E-state index in [0.717, 1.165) is 51.0 Å². The summed E-state index contributed by atoms with van der Waals surface area (Å²) in [6, 6.07) is 8.22. The molecule has 2 saturated heterocycles. The number of likely N-dealkylation sites (N-methyl/N-ethyl adjacent to an activating group) is 1. The SMILES string of the molecule is C=C1CCC(=O)N1OC(=O)C1CCN(C(=O)Cn2ccnc2C2=c3cc4c(cc3Oc3cc5c(cc32)C(CS(=O)(=O)[O-])CC(C)(C)N5CC)=[N+](CC)C(C)(C)C=C4CC)CC1. The molecule has 1 aromatic heterocycles. The van der Waals surface area contributed by atoms with Crippen molar-refractivity contribution in [1.29, 1.82) is 0 Å². The normalized spacial score (nSPS) is 20.8. The lowest BCUT2D eigenvalue weighted by Gasteiger charge is -2.48. The van der Waals surface area contributed by atoms with E-state index in [2.05, 4.69) is 82.7 Å². The van der Waals surface area contributed by atoms with Gasteiger partial charge in [-0.25, -0.2) is 22.8 Å². The number of carbonyl (C=O) groups excluding carboxylic acids is 3. The van der Waals surface area contributed by atoms with E-state index in [-0.39, 0.29) is 30.3 Å². The molecule has 2 fully saturated rings. The van der Waals surface area contributed by atoms with Crippen LogP contribution in [-0.4, -0.2) is 93.3 Å². The third kappa shape index (κ3) is 7.68. The van der Waals surface area contributed by atoms with Crippen molar-refractivity contribution in [2.45, 2.75) is 111 Å². The Labute approximate surface area is 357 Å². The van der Waals surface area contributed by atoms with Crippen molar-refractivity contribution in [2.24, 2.45) is 5.92 Å². The Morgan fingerprint density at radius 3 is 2.41 bits per heavy atom. The molecule has 5 aliphatic rings. The summed E-state index contributed by atoms with van der Waals surface area (Å²) in [7, 11) is -4.57. The van der Waals surface area contributed by atoms with Crippen molar-refractivity contribution < 1.29 is 36.9 Å². The Balaban J connectivity index is 1.22. The van der Waals surface area contributed by atoms with Gasteiger partial charge in [-0.05, 0) is 89.1 Å². The number of ether oxygens (including phenoxy) is 1. The molecule has 0 bridgehead atoms. The first kappa shape index (κ1) is 42.4. The topological polar surface area (TPSA) is 157 Å². The molecule has 324 valence electrons. The van der Waals surface area contributed by atoms with Crippen molar-refractivity contribution in [1.82, 2.24) is 24.1 Å². The summed E-state index contributed by atoms with van der Waals surface area (Å²) >= 11 is 0. The highest BCUT2D eigenvalue weighted by Gasteiger charge is 2.41. The Kier molecular flexibility index (Phi) is 10.8. The summed E-state index contributed by atoms with van der Waals surface area (Å²) in [5.41, 5.74) is 5.07. The van der Waals surface area contributed by atoms with Crippen LogP contribution in [0.1, 0.15) is 115 Å². The number of piperidine rings is 1. The molecule has 1 atom stereocenters. The average molecular weight is 853 g/mol. The van der Waals surface area contributed by atoms with Crippen LogP contribution in [0.5, 0.6) is 11.5 Å². The Morgan fingerprint density at radius 1 is 1.03 bits per heavy atom. The zero-order chi connectivity index (χ0) is 43.8. The highest BCUT2D eigenvalue weighted by atomic mass is 32.2. The fourth-order valence-corrected chi connectivity index (χ4v) is 11.1. The van der Waals surface area contributed by atoms with Crippen molar-refractivity contribution in [3.05, 3.63) is 88.1 Å². The van der Waals surface area contributed by atoms with Crippen LogP contribution in [-0.2, 0) is 35.9 Å². The van der Waals surface area contributed by atoms with E-state index in [0.29, 0.717) is 73.9 Å². The second-order valence-electron chi connectivity index (χ2n) is 18.1. The Hall–Kier alpha value is -5.28. The molecule has 5 aliphatic heterocycles. The molecule has 3 aromatic rings. The first-order valence-corrected chi connectivity index (χ1v) is 23.1. The zero-order valence-electron chi connectivity index (χ0n) is 36.2. The lowest BCUT2D eigenvalue weighted by molar-refractivity contribution is -0.192. The van der Waals surface area contributed by atoms with Crippen LogP contribution in [0.15, 0.2) is 55.0 Å². The van der Waals surface area contributed by atoms with Crippen molar-refractivity contribution in [3.8, 4) is 11.5 Å². The van der Waals surface area contributed by atoms with Crippen LogP contribution >= 0.6 is 0 Å². The summed E-state index contributed by atoms with van der Waals surface area (Å²) < 4.78 is 48.3. The van der Waals surface area contributed by atoms with E-state index >= 15 is 0 Å². The smallest absolute Gasteiger partial charge is 0.336 e. The lowest BCUT2D eigenvalue weighted by atomic mass is 9.78. The standard InChI is InChI=1S/C46H56N6O8S/c1-9-29-24-45(5,6)50(10-2)36-22-38-34(20-32(29)36)42(35-21-33-31(27-61(56,57)58)25-46(7,8)51(11-3)37(33)23-39(35)59-38)43-47-16-19-49(43)26-41(54)48-17-14-30(15-18-48)44(55)60-52-28(4)12-13-40(52)53/h16,19-24,30-31H,4,9-15,17-18,25-27H2,1-3,5-8H3.